The summed E-state index contributed by atoms with van der Waals surface area (Å²) in [6.45, 7) is 6.42. The van der Waals surface area contributed by atoms with Gasteiger partial charge in [-0.2, -0.15) is 0 Å². The van der Waals surface area contributed by atoms with Crippen molar-refractivity contribution >= 4 is 17.3 Å². The molecule has 19 heavy (non-hydrogen) atoms. The van der Waals surface area contributed by atoms with E-state index in [1.165, 1.54) is 6.07 Å². The first kappa shape index (κ1) is 15.7. The van der Waals surface area contributed by atoms with Gasteiger partial charge < -0.3 is 9.47 Å². The monoisotopic (exact) mass is 287 g/mol. The Balaban J connectivity index is 2.67. The van der Waals surface area contributed by atoms with Crippen molar-refractivity contribution in [3.8, 4) is 5.75 Å². The topological polar surface area (TPSA) is 61.6 Å². The van der Waals surface area contributed by atoms with Gasteiger partial charge in [0.05, 0.1) is 17.1 Å². The lowest BCUT2D eigenvalue weighted by Crippen LogP contribution is -2.22. The molecular formula is C13H18ClNO4. The van der Waals surface area contributed by atoms with Crippen LogP contribution in [0.15, 0.2) is 18.2 Å². The Morgan fingerprint density at radius 3 is 2.53 bits per heavy atom. The number of rotatable bonds is 6. The molecule has 0 atom stereocenters. The van der Waals surface area contributed by atoms with Crippen molar-refractivity contribution in [2.45, 2.75) is 32.3 Å². The number of hydrogen-bond acceptors (Lipinski definition) is 4. The molecule has 0 spiro atoms. The fraction of sp³-hybridized carbons (Fsp3) is 0.538. The molecule has 106 valence electrons. The molecule has 0 aromatic heterocycles. The van der Waals surface area contributed by atoms with Gasteiger partial charge in [-0.15, -0.1) is 11.6 Å². The summed E-state index contributed by atoms with van der Waals surface area (Å²) in [5, 5.41) is 10.9. The number of ether oxygens (including phenoxy) is 2. The molecule has 0 unspecified atom stereocenters. The summed E-state index contributed by atoms with van der Waals surface area (Å²) in [5.74, 6) is 0.507. The predicted molar refractivity (Wildman–Crippen MR) is 73.9 cm³/mol. The van der Waals surface area contributed by atoms with Crippen LogP contribution < -0.4 is 4.74 Å². The number of nitrogens with zero attached hydrogens (tertiary/aromatic N) is 1. The molecular weight excluding hydrogens is 270 g/mol. The van der Waals surface area contributed by atoms with Crippen LogP contribution in [-0.4, -0.2) is 23.7 Å². The van der Waals surface area contributed by atoms with Crippen LogP contribution in [0.5, 0.6) is 5.75 Å². The second-order valence-electron chi connectivity index (χ2n) is 5.00. The van der Waals surface area contributed by atoms with Gasteiger partial charge in [0.1, 0.15) is 6.61 Å². The minimum atomic E-state index is -0.474. The summed E-state index contributed by atoms with van der Waals surface area (Å²) in [5.41, 5.74) is 0.455. The Morgan fingerprint density at radius 1 is 1.32 bits per heavy atom. The fourth-order valence-electron chi connectivity index (χ4n) is 1.41. The lowest BCUT2D eigenvalue weighted by Gasteiger charge is -2.19. The van der Waals surface area contributed by atoms with E-state index in [1.807, 2.05) is 20.8 Å². The van der Waals surface area contributed by atoms with E-state index in [2.05, 4.69) is 0 Å². The number of benzene rings is 1. The van der Waals surface area contributed by atoms with Gasteiger partial charge in [-0.1, -0.05) is 6.07 Å². The van der Waals surface area contributed by atoms with E-state index >= 15 is 0 Å². The van der Waals surface area contributed by atoms with Gasteiger partial charge in [-0.25, -0.2) is 0 Å². The quantitative estimate of drug-likeness (QED) is 0.347. The Labute approximate surface area is 117 Å². The molecule has 0 saturated heterocycles. The van der Waals surface area contributed by atoms with E-state index < -0.39 is 4.92 Å². The highest BCUT2D eigenvalue weighted by molar-refractivity contribution is 6.17. The minimum Gasteiger partial charge on any atom is -0.484 e. The lowest BCUT2D eigenvalue weighted by molar-refractivity contribution is -0.385. The minimum absolute atomic E-state index is 0.0652. The lowest BCUT2D eigenvalue weighted by atomic mass is 10.2. The molecule has 0 fully saturated rings. The summed E-state index contributed by atoms with van der Waals surface area (Å²) < 4.78 is 10.9. The smallest absolute Gasteiger partial charge is 0.310 e. The molecule has 0 aliphatic rings. The first-order chi connectivity index (χ1) is 8.83. The zero-order valence-electron chi connectivity index (χ0n) is 11.3. The normalized spacial score (nSPS) is 11.4. The van der Waals surface area contributed by atoms with E-state index in [1.54, 1.807) is 12.1 Å². The van der Waals surface area contributed by atoms with Gasteiger partial charge in [0, 0.05) is 11.9 Å². The second kappa shape index (κ2) is 6.73. The SMILES string of the molecule is CC(C)(C)OCCOc1cc(CCl)ccc1[N+](=O)[O-]. The van der Waals surface area contributed by atoms with Crippen molar-refractivity contribution in [1.29, 1.82) is 0 Å². The average Bonchev–Trinajstić information content (AvgIpc) is 2.33. The molecule has 1 rings (SSSR count). The molecule has 0 aliphatic heterocycles. The largest absolute Gasteiger partial charge is 0.484 e. The Hall–Kier alpha value is -1.33. The summed E-state index contributed by atoms with van der Waals surface area (Å²) in [7, 11) is 0. The number of hydrogen-bond donors (Lipinski definition) is 0. The molecule has 0 aliphatic carbocycles. The highest BCUT2D eigenvalue weighted by Gasteiger charge is 2.16. The highest BCUT2D eigenvalue weighted by Crippen LogP contribution is 2.28. The van der Waals surface area contributed by atoms with Crippen LogP contribution >= 0.6 is 11.6 Å². The van der Waals surface area contributed by atoms with Crippen LogP contribution in [0.4, 0.5) is 5.69 Å². The van der Waals surface area contributed by atoms with Crippen molar-refractivity contribution in [2.24, 2.45) is 0 Å². The standard InChI is InChI=1S/C13H18ClNO4/c1-13(2,3)19-7-6-18-12-8-10(9-14)4-5-11(12)15(16)17/h4-5,8H,6-7,9H2,1-3H3. The summed E-state index contributed by atoms with van der Waals surface area (Å²) >= 11 is 5.70. The van der Waals surface area contributed by atoms with Gasteiger partial charge in [0.15, 0.2) is 5.75 Å². The molecule has 5 nitrogen and oxygen atoms in total. The number of alkyl halides is 1. The van der Waals surface area contributed by atoms with Crippen LogP contribution in [0.1, 0.15) is 26.3 Å². The van der Waals surface area contributed by atoms with Gasteiger partial charge >= 0.3 is 5.69 Å². The van der Waals surface area contributed by atoms with Gasteiger partial charge in [-0.3, -0.25) is 10.1 Å². The van der Waals surface area contributed by atoms with Crippen LogP contribution in [0.3, 0.4) is 0 Å². The average molecular weight is 288 g/mol. The van der Waals surface area contributed by atoms with E-state index in [0.29, 0.717) is 6.61 Å². The van der Waals surface area contributed by atoms with Crippen molar-refractivity contribution in [1.82, 2.24) is 0 Å². The Morgan fingerprint density at radius 2 is 2.00 bits per heavy atom. The molecule has 1 aromatic rings. The molecule has 0 saturated carbocycles. The number of halogens is 1. The van der Waals surface area contributed by atoms with Gasteiger partial charge in [0.2, 0.25) is 0 Å². The molecule has 0 heterocycles. The third-order valence-electron chi connectivity index (χ3n) is 2.25. The number of nitro groups is 1. The van der Waals surface area contributed by atoms with Crippen molar-refractivity contribution < 1.29 is 14.4 Å². The maximum absolute atomic E-state index is 10.9. The molecule has 6 heteroatoms. The van der Waals surface area contributed by atoms with Crippen LogP contribution in [0.2, 0.25) is 0 Å². The maximum atomic E-state index is 10.9. The predicted octanol–water partition coefficient (Wildman–Crippen LogP) is 3.53. The molecule has 0 N–H and O–H groups in total. The van der Waals surface area contributed by atoms with E-state index in [4.69, 9.17) is 21.1 Å². The second-order valence-corrected chi connectivity index (χ2v) is 5.27. The number of nitro benzene ring substituents is 1. The molecule has 0 bridgehead atoms. The molecule has 0 radical (unpaired) electrons. The maximum Gasteiger partial charge on any atom is 0.310 e. The van der Waals surface area contributed by atoms with Crippen molar-refractivity contribution in [2.75, 3.05) is 13.2 Å². The van der Waals surface area contributed by atoms with Gasteiger partial charge in [-0.05, 0) is 32.4 Å². The fourth-order valence-corrected chi connectivity index (χ4v) is 1.57. The first-order valence-electron chi connectivity index (χ1n) is 5.93. The van der Waals surface area contributed by atoms with E-state index in [-0.39, 0.29) is 29.5 Å². The third kappa shape index (κ3) is 5.44. The van der Waals surface area contributed by atoms with Crippen LogP contribution in [0.25, 0.3) is 0 Å². The van der Waals surface area contributed by atoms with E-state index in [9.17, 15) is 10.1 Å². The zero-order valence-corrected chi connectivity index (χ0v) is 12.1. The summed E-state index contributed by atoms with van der Waals surface area (Å²) in [6, 6.07) is 4.60. The van der Waals surface area contributed by atoms with Crippen LogP contribution in [-0.2, 0) is 10.6 Å². The summed E-state index contributed by atoms with van der Waals surface area (Å²) in [6.07, 6.45) is 0. The van der Waals surface area contributed by atoms with E-state index in [0.717, 1.165) is 5.56 Å². The van der Waals surface area contributed by atoms with Crippen LogP contribution in [0, 0.1) is 10.1 Å². The molecule has 0 amide bonds. The third-order valence-corrected chi connectivity index (χ3v) is 2.56. The zero-order chi connectivity index (χ0) is 14.5. The highest BCUT2D eigenvalue weighted by atomic mass is 35.5. The Bertz CT molecular complexity index is 443. The summed E-state index contributed by atoms with van der Waals surface area (Å²) in [4.78, 5) is 10.4. The van der Waals surface area contributed by atoms with Gasteiger partial charge in [0.25, 0.3) is 0 Å². The molecule has 1 aromatic carbocycles. The van der Waals surface area contributed by atoms with Crippen molar-refractivity contribution in [3.05, 3.63) is 33.9 Å². The van der Waals surface area contributed by atoms with Crippen molar-refractivity contribution in [3.63, 3.8) is 0 Å². The first-order valence-corrected chi connectivity index (χ1v) is 6.47. The Kier molecular flexibility index (Phi) is 5.57.